The lowest BCUT2D eigenvalue weighted by Gasteiger charge is -2.18. The number of hydrogen-bond donors (Lipinski definition) is 1. The Bertz CT molecular complexity index is 323. The van der Waals surface area contributed by atoms with Gasteiger partial charge in [0.05, 0.1) is 6.26 Å². The first-order valence-corrected chi connectivity index (χ1v) is 7.14. The number of nitrogens with one attached hydrogen (secondary N) is 1. The van der Waals surface area contributed by atoms with Crippen LogP contribution in [0.15, 0.2) is 21.6 Å². The van der Waals surface area contributed by atoms with E-state index in [1.807, 2.05) is 18.7 Å². The zero-order valence-corrected chi connectivity index (χ0v) is 11.0. The number of furan rings is 1. The first kappa shape index (κ1) is 12.1. The Kier molecular flexibility index (Phi) is 4.36. The minimum Gasteiger partial charge on any atom is -0.468 e. The summed E-state index contributed by atoms with van der Waals surface area (Å²) in [5, 5.41) is 3.44. The second-order valence-corrected chi connectivity index (χ2v) is 5.70. The van der Waals surface area contributed by atoms with Gasteiger partial charge in [0, 0.05) is 10.9 Å². The highest BCUT2D eigenvalue weighted by molar-refractivity contribution is 7.99. The van der Waals surface area contributed by atoms with Gasteiger partial charge in [-0.15, -0.1) is 11.8 Å². The van der Waals surface area contributed by atoms with Crippen molar-refractivity contribution < 1.29 is 4.42 Å². The largest absolute Gasteiger partial charge is 0.468 e. The summed E-state index contributed by atoms with van der Waals surface area (Å²) in [7, 11) is 2.09. The van der Waals surface area contributed by atoms with Gasteiger partial charge in [0.1, 0.15) is 5.76 Å². The van der Waals surface area contributed by atoms with Crippen LogP contribution >= 0.6 is 11.8 Å². The van der Waals surface area contributed by atoms with Gasteiger partial charge in [-0.3, -0.25) is 0 Å². The zero-order valence-electron chi connectivity index (χ0n) is 10.2. The summed E-state index contributed by atoms with van der Waals surface area (Å²) in [6.07, 6.45) is 7.25. The van der Waals surface area contributed by atoms with Crippen LogP contribution in [0.5, 0.6) is 0 Å². The fourth-order valence-electron chi connectivity index (χ4n) is 2.61. The second-order valence-electron chi connectivity index (χ2n) is 4.56. The molecule has 2 nitrogen and oxygen atoms in total. The Hall–Kier alpha value is -0.410. The first-order valence-electron chi connectivity index (χ1n) is 6.15. The van der Waals surface area contributed by atoms with Crippen LogP contribution in [0.1, 0.15) is 31.4 Å². The predicted octanol–water partition coefficient (Wildman–Crippen LogP) is 3.46. The molecule has 0 bridgehead atoms. The fourth-order valence-corrected chi connectivity index (χ4v) is 3.65. The van der Waals surface area contributed by atoms with E-state index in [0.717, 1.165) is 17.7 Å². The van der Waals surface area contributed by atoms with Gasteiger partial charge in [-0.25, -0.2) is 0 Å². The van der Waals surface area contributed by atoms with E-state index in [1.165, 1.54) is 36.3 Å². The van der Waals surface area contributed by atoms with Crippen molar-refractivity contribution in [3.8, 4) is 0 Å². The molecule has 0 radical (unpaired) electrons. The predicted molar refractivity (Wildman–Crippen MR) is 69.0 cm³/mol. The van der Waals surface area contributed by atoms with Gasteiger partial charge < -0.3 is 9.73 Å². The number of hydrogen-bond acceptors (Lipinski definition) is 3. The third kappa shape index (κ3) is 2.83. The van der Waals surface area contributed by atoms with Gasteiger partial charge in [0.15, 0.2) is 0 Å². The van der Waals surface area contributed by atoms with Gasteiger partial charge in [-0.1, -0.05) is 6.42 Å². The molecular formula is C13H21NOS. The Morgan fingerprint density at radius 3 is 3.06 bits per heavy atom. The van der Waals surface area contributed by atoms with E-state index in [2.05, 4.69) is 18.4 Å². The normalized spacial score (nSPS) is 25.1. The van der Waals surface area contributed by atoms with E-state index in [0.29, 0.717) is 0 Å². The van der Waals surface area contributed by atoms with Crippen LogP contribution in [-0.2, 0) is 0 Å². The van der Waals surface area contributed by atoms with E-state index in [4.69, 9.17) is 4.42 Å². The van der Waals surface area contributed by atoms with Crippen LogP contribution in [0.25, 0.3) is 0 Å². The van der Waals surface area contributed by atoms with Crippen molar-refractivity contribution in [2.75, 3.05) is 12.8 Å². The van der Waals surface area contributed by atoms with Crippen LogP contribution < -0.4 is 5.32 Å². The molecular weight excluding hydrogens is 218 g/mol. The van der Waals surface area contributed by atoms with Crippen LogP contribution in [-0.4, -0.2) is 18.8 Å². The molecule has 2 atom stereocenters. The summed E-state index contributed by atoms with van der Waals surface area (Å²) in [6.45, 7) is 2.04. The molecule has 0 saturated heterocycles. The molecule has 1 N–H and O–H groups in total. The molecule has 2 unspecified atom stereocenters. The summed E-state index contributed by atoms with van der Waals surface area (Å²) >= 11 is 1.93. The average Bonchev–Trinajstić information content (AvgIpc) is 2.88. The van der Waals surface area contributed by atoms with Gasteiger partial charge in [-0.2, -0.15) is 0 Å². The SMILES string of the molecule is CNC1CCCC1CCSc1ccoc1C. The molecule has 0 aromatic carbocycles. The monoisotopic (exact) mass is 239 g/mol. The maximum Gasteiger partial charge on any atom is 0.114 e. The molecule has 0 spiro atoms. The third-order valence-corrected chi connectivity index (χ3v) is 4.76. The summed E-state index contributed by atoms with van der Waals surface area (Å²) in [4.78, 5) is 1.30. The lowest BCUT2D eigenvalue weighted by molar-refractivity contribution is 0.417. The lowest BCUT2D eigenvalue weighted by Crippen LogP contribution is -2.29. The van der Waals surface area contributed by atoms with Crippen molar-refractivity contribution in [2.24, 2.45) is 5.92 Å². The zero-order chi connectivity index (χ0) is 11.4. The molecule has 1 aromatic rings. The van der Waals surface area contributed by atoms with E-state index in [9.17, 15) is 0 Å². The molecule has 1 fully saturated rings. The molecule has 1 heterocycles. The Morgan fingerprint density at radius 1 is 1.50 bits per heavy atom. The highest BCUT2D eigenvalue weighted by Gasteiger charge is 2.25. The molecule has 1 aromatic heterocycles. The van der Waals surface area contributed by atoms with Gasteiger partial charge in [0.2, 0.25) is 0 Å². The van der Waals surface area contributed by atoms with Crippen molar-refractivity contribution in [3.63, 3.8) is 0 Å². The summed E-state index contributed by atoms with van der Waals surface area (Å²) in [5.74, 6) is 3.15. The molecule has 16 heavy (non-hydrogen) atoms. The molecule has 1 saturated carbocycles. The Balaban J connectivity index is 1.74. The lowest BCUT2D eigenvalue weighted by atomic mass is 10.0. The average molecular weight is 239 g/mol. The third-order valence-electron chi connectivity index (χ3n) is 3.59. The Morgan fingerprint density at radius 2 is 2.38 bits per heavy atom. The molecule has 90 valence electrons. The maximum atomic E-state index is 5.30. The molecule has 1 aliphatic rings. The van der Waals surface area contributed by atoms with Crippen molar-refractivity contribution in [2.45, 2.75) is 43.5 Å². The first-order chi connectivity index (χ1) is 7.81. The van der Waals surface area contributed by atoms with Crippen LogP contribution in [0.4, 0.5) is 0 Å². The van der Waals surface area contributed by atoms with E-state index in [1.54, 1.807) is 6.26 Å². The molecule has 1 aliphatic carbocycles. The van der Waals surface area contributed by atoms with Gasteiger partial charge in [0.25, 0.3) is 0 Å². The molecule has 0 amide bonds. The fraction of sp³-hybridized carbons (Fsp3) is 0.692. The topological polar surface area (TPSA) is 25.2 Å². The number of aryl methyl sites for hydroxylation is 1. The number of rotatable bonds is 5. The minimum atomic E-state index is 0.756. The molecule has 3 heteroatoms. The maximum absolute atomic E-state index is 5.30. The highest BCUT2D eigenvalue weighted by Crippen LogP contribution is 2.31. The van der Waals surface area contributed by atoms with Gasteiger partial charge in [-0.05, 0) is 51.0 Å². The Labute approximate surface area is 102 Å². The van der Waals surface area contributed by atoms with Crippen molar-refractivity contribution in [1.29, 1.82) is 0 Å². The quantitative estimate of drug-likeness (QED) is 0.797. The minimum absolute atomic E-state index is 0.756. The van der Waals surface area contributed by atoms with Crippen molar-refractivity contribution in [1.82, 2.24) is 5.32 Å². The summed E-state index contributed by atoms with van der Waals surface area (Å²) < 4.78 is 5.30. The van der Waals surface area contributed by atoms with E-state index < -0.39 is 0 Å². The summed E-state index contributed by atoms with van der Waals surface area (Å²) in [5.41, 5.74) is 0. The summed E-state index contributed by atoms with van der Waals surface area (Å²) in [6, 6.07) is 2.83. The van der Waals surface area contributed by atoms with E-state index in [-0.39, 0.29) is 0 Å². The molecule has 0 aliphatic heterocycles. The molecule has 2 rings (SSSR count). The standard InChI is InChI=1S/C13H21NOS/c1-10-13(6-8-15-10)16-9-7-11-4-3-5-12(11)14-2/h6,8,11-12,14H,3-5,7,9H2,1-2H3. The highest BCUT2D eigenvalue weighted by atomic mass is 32.2. The van der Waals surface area contributed by atoms with E-state index >= 15 is 0 Å². The number of thioether (sulfide) groups is 1. The smallest absolute Gasteiger partial charge is 0.114 e. The van der Waals surface area contributed by atoms with Crippen LogP contribution in [0.3, 0.4) is 0 Å². The van der Waals surface area contributed by atoms with Crippen molar-refractivity contribution >= 4 is 11.8 Å². The van der Waals surface area contributed by atoms with Crippen LogP contribution in [0.2, 0.25) is 0 Å². The second kappa shape index (κ2) is 5.78. The van der Waals surface area contributed by atoms with Crippen molar-refractivity contribution in [3.05, 3.63) is 18.1 Å². The van der Waals surface area contributed by atoms with Crippen LogP contribution in [0, 0.1) is 12.8 Å². The van der Waals surface area contributed by atoms with Gasteiger partial charge >= 0.3 is 0 Å².